The number of carbonyl (C=O) groups excluding carboxylic acids is 1. The quantitative estimate of drug-likeness (QED) is 0.483. The SMILES string of the molecule is CCOC(=O)C(C)(Cc1ccc(OCCCNC)cc1)Oc1ccccc1. The summed E-state index contributed by atoms with van der Waals surface area (Å²) in [7, 11) is 1.92. The van der Waals surface area contributed by atoms with Gasteiger partial charge in [0.25, 0.3) is 0 Å². The molecule has 1 atom stereocenters. The van der Waals surface area contributed by atoms with Gasteiger partial charge in [-0.25, -0.2) is 4.79 Å². The molecule has 0 radical (unpaired) electrons. The van der Waals surface area contributed by atoms with Crippen molar-refractivity contribution in [2.24, 2.45) is 0 Å². The summed E-state index contributed by atoms with van der Waals surface area (Å²) in [5.41, 5.74) is -0.129. The molecule has 0 spiro atoms. The molecule has 0 amide bonds. The fourth-order valence-electron chi connectivity index (χ4n) is 2.71. The van der Waals surface area contributed by atoms with E-state index in [1.54, 1.807) is 13.8 Å². The van der Waals surface area contributed by atoms with Crippen LogP contribution in [-0.2, 0) is 16.0 Å². The normalized spacial score (nSPS) is 12.9. The van der Waals surface area contributed by atoms with Gasteiger partial charge >= 0.3 is 5.97 Å². The van der Waals surface area contributed by atoms with E-state index in [1.807, 2.05) is 61.6 Å². The van der Waals surface area contributed by atoms with Gasteiger partial charge in [-0.2, -0.15) is 0 Å². The number of hydrogen-bond acceptors (Lipinski definition) is 5. The standard InChI is InChI=1S/C22H29NO4/c1-4-25-21(24)22(2,27-20-9-6-5-7-10-20)17-18-11-13-19(14-12-18)26-16-8-15-23-3/h5-7,9-14,23H,4,8,15-17H2,1-3H3. The molecule has 1 N–H and O–H groups in total. The molecule has 2 rings (SSSR count). The van der Waals surface area contributed by atoms with Gasteiger partial charge in [-0.1, -0.05) is 30.3 Å². The molecular formula is C22H29NO4. The number of benzene rings is 2. The first-order valence-electron chi connectivity index (χ1n) is 9.35. The van der Waals surface area contributed by atoms with E-state index >= 15 is 0 Å². The van der Waals surface area contributed by atoms with Crippen LogP contribution in [0.25, 0.3) is 0 Å². The summed E-state index contributed by atoms with van der Waals surface area (Å²) in [6.45, 7) is 5.46. The molecule has 0 saturated carbocycles. The minimum Gasteiger partial charge on any atom is -0.494 e. The summed E-state index contributed by atoms with van der Waals surface area (Å²) in [4.78, 5) is 12.6. The maximum atomic E-state index is 12.6. The van der Waals surface area contributed by atoms with Crippen molar-refractivity contribution >= 4 is 5.97 Å². The van der Waals surface area contributed by atoms with Gasteiger partial charge in [-0.05, 0) is 63.7 Å². The van der Waals surface area contributed by atoms with E-state index in [4.69, 9.17) is 14.2 Å². The van der Waals surface area contributed by atoms with Crippen LogP contribution in [0.5, 0.6) is 11.5 Å². The lowest BCUT2D eigenvalue weighted by molar-refractivity contribution is -0.160. The summed E-state index contributed by atoms with van der Waals surface area (Å²) < 4.78 is 17.0. The second-order valence-corrected chi connectivity index (χ2v) is 6.49. The Morgan fingerprint density at radius 1 is 1.04 bits per heavy atom. The van der Waals surface area contributed by atoms with Crippen LogP contribution in [0, 0.1) is 0 Å². The zero-order valence-corrected chi connectivity index (χ0v) is 16.4. The predicted octanol–water partition coefficient (Wildman–Crippen LogP) is 3.62. The number of rotatable bonds is 11. The van der Waals surface area contributed by atoms with Gasteiger partial charge in [-0.15, -0.1) is 0 Å². The molecule has 5 heteroatoms. The number of para-hydroxylation sites is 1. The van der Waals surface area contributed by atoms with Crippen molar-refractivity contribution in [2.45, 2.75) is 32.3 Å². The molecule has 0 bridgehead atoms. The largest absolute Gasteiger partial charge is 0.494 e. The molecule has 0 aliphatic rings. The third-order valence-corrected chi connectivity index (χ3v) is 4.10. The second kappa shape index (κ2) is 10.6. The van der Waals surface area contributed by atoms with Crippen LogP contribution in [0.3, 0.4) is 0 Å². The van der Waals surface area contributed by atoms with Gasteiger partial charge in [0, 0.05) is 6.42 Å². The van der Waals surface area contributed by atoms with Crippen LogP contribution in [-0.4, -0.2) is 38.4 Å². The van der Waals surface area contributed by atoms with E-state index in [-0.39, 0.29) is 5.97 Å². The summed E-state index contributed by atoms with van der Waals surface area (Å²) in [6, 6.07) is 17.1. The van der Waals surface area contributed by atoms with Gasteiger partial charge in [-0.3, -0.25) is 0 Å². The van der Waals surface area contributed by atoms with Gasteiger partial charge in [0.05, 0.1) is 13.2 Å². The number of ether oxygens (including phenoxy) is 3. The molecule has 0 aromatic heterocycles. The fraction of sp³-hybridized carbons (Fsp3) is 0.409. The minimum atomic E-state index is -1.10. The predicted molar refractivity (Wildman–Crippen MR) is 106 cm³/mol. The number of esters is 1. The van der Waals surface area contributed by atoms with Crippen LogP contribution in [0.4, 0.5) is 0 Å². The molecule has 2 aromatic carbocycles. The highest BCUT2D eigenvalue weighted by Crippen LogP contribution is 2.25. The Morgan fingerprint density at radius 2 is 1.74 bits per heavy atom. The molecule has 5 nitrogen and oxygen atoms in total. The van der Waals surface area contributed by atoms with E-state index in [2.05, 4.69) is 5.32 Å². The maximum Gasteiger partial charge on any atom is 0.350 e. The molecule has 0 aliphatic carbocycles. The molecule has 0 aliphatic heterocycles. The highest BCUT2D eigenvalue weighted by molar-refractivity contribution is 5.80. The monoisotopic (exact) mass is 371 g/mol. The van der Waals surface area contributed by atoms with E-state index in [0.717, 1.165) is 24.3 Å². The van der Waals surface area contributed by atoms with Gasteiger partial charge in [0.2, 0.25) is 5.60 Å². The van der Waals surface area contributed by atoms with Crippen molar-refractivity contribution in [1.29, 1.82) is 0 Å². The van der Waals surface area contributed by atoms with Crippen molar-refractivity contribution in [3.8, 4) is 11.5 Å². The average molecular weight is 371 g/mol. The van der Waals surface area contributed by atoms with Crippen molar-refractivity contribution in [3.05, 3.63) is 60.2 Å². The highest BCUT2D eigenvalue weighted by Gasteiger charge is 2.37. The van der Waals surface area contributed by atoms with E-state index in [1.165, 1.54) is 0 Å². The lowest BCUT2D eigenvalue weighted by Gasteiger charge is -2.28. The van der Waals surface area contributed by atoms with Crippen LogP contribution < -0.4 is 14.8 Å². The average Bonchev–Trinajstić information content (AvgIpc) is 2.67. The lowest BCUT2D eigenvalue weighted by atomic mass is 9.96. The summed E-state index contributed by atoms with van der Waals surface area (Å²) in [5.74, 6) is 1.08. The van der Waals surface area contributed by atoms with E-state index in [9.17, 15) is 4.79 Å². The summed E-state index contributed by atoms with van der Waals surface area (Å²) >= 11 is 0. The topological polar surface area (TPSA) is 56.8 Å². The van der Waals surface area contributed by atoms with E-state index in [0.29, 0.717) is 25.4 Å². The second-order valence-electron chi connectivity index (χ2n) is 6.49. The number of hydrogen-bond donors (Lipinski definition) is 1. The van der Waals surface area contributed by atoms with Crippen molar-refractivity contribution in [1.82, 2.24) is 5.32 Å². The van der Waals surface area contributed by atoms with E-state index < -0.39 is 5.60 Å². The van der Waals surface area contributed by atoms with Crippen molar-refractivity contribution in [3.63, 3.8) is 0 Å². The Hall–Kier alpha value is -2.53. The van der Waals surface area contributed by atoms with Crippen molar-refractivity contribution < 1.29 is 19.0 Å². The van der Waals surface area contributed by atoms with Gasteiger partial charge < -0.3 is 19.5 Å². The zero-order chi connectivity index (χ0) is 19.5. The Kier molecular flexibility index (Phi) is 8.14. The highest BCUT2D eigenvalue weighted by atomic mass is 16.6. The first-order chi connectivity index (χ1) is 13.1. The Bertz CT molecular complexity index is 687. The number of nitrogens with one attached hydrogen (secondary N) is 1. The smallest absolute Gasteiger partial charge is 0.350 e. The lowest BCUT2D eigenvalue weighted by Crippen LogP contribution is -2.45. The van der Waals surface area contributed by atoms with Crippen LogP contribution >= 0.6 is 0 Å². The van der Waals surface area contributed by atoms with Crippen LogP contribution in [0.2, 0.25) is 0 Å². The third kappa shape index (κ3) is 6.61. The first-order valence-corrected chi connectivity index (χ1v) is 9.35. The van der Waals surface area contributed by atoms with Gasteiger partial charge in [0.1, 0.15) is 11.5 Å². The molecule has 2 aromatic rings. The molecule has 0 heterocycles. The molecule has 0 fully saturated rings. The number of carbonyl (C=O) groups is 1. The summed E-state index contributed by atoms with van der Waals surface area (Å²) in [5, 5.41) is 3.09. The van der Waals surface area contributed by atoms with Gasteiger partial charge in [0.15, 0.2) is 0 Å². The molecule has 0 saturated heterocycles. The molecule has 146 valence electrons. The maximum absolute atomic E-state index is 12.6. The Morgan fingerprint density at radius 3 is 2.37 bits per heavy atom. The first kappa shape index (κ1) is 20.8. The molecular weight excluding hydrogens is 342 g/mol. The third-order valence-electron chi connectivity index (χ3n) is 4.10. The Balaban J connectivity index is 2.06. The zero-order valence-electron chi connectivity index (χ0n) is 16.4. The van der Waals surface area contributed by atoms with Crippen LogP contribution in [0.15, 0.2) is 54.6 Å². The minimum absolute atomic E-state index is 0.311. The summed E-state index contributed by atoms with van der Waals surface area (Å²) in [6.07, 6.45) is 1.35. The van der Waals surface area contributed by atoms with Crippen molar-refractivity contribution in [2.75, 3.05) is 26.8 Å². The molecule has 27 heavy (non-hydrogen) atoms. The molecule has 1 unspecified atom stereocenters. The Labute approximate surface area is 161 Å². The fourth-order valence-corrected chi connectivity index (χ4v) is 2.71. The van der Waals surface area contributed by atoms with Crippen LogP contribution in [0.1, 0.15) is 25.8 Å².